The predicted molar refractivity (Wildman–Crippen MR) is 115 cm³/mol. The molecule has 0 saturated heterocycles. The van der Waals surface area contributed by atoms with Crippen LogP contribution in [0.25, 0.3) is 0 Å². The third-order valence-corrected chi connectivity index (χ3v) is 4.98. The van der Waals surface area contributed by atoms with Crippen LogP contribution in [0.2, 0.25) is 0 Å². The van der Waals surface area contributed by atoms with E-state index in [1.54, 1.807) is 6.92 Å². The molecule has 11 heteroatoms. The summed E-state index contributed by atoms with van der Waals surface area (Å²) in [6.45, 7) is 1.96. The minimum Gasteiger partial charge on any atom is -0.319 e. The average Bonchev–Trinajstić information content (AvgIpc) is 3.15. The summed E-state index contributed by atoms with van der Waals surface area (Å²) in [4.78, 5) is 26.9. The second-order valence-corrected chi connectivity index (χ2v) is 7.09. The zero-order chi connectivity index (χ0) is 22.3. The van der Waals surface area contributed by atoms with Gasteiger partial charge in [-0.1, -0.05) is 12.1 Å². The number of anilines is 2. The molecule has 1 N–H and O–H groups in total. The molecule has 0 aliphatic carbocycles. The third-order valence-electron chi connectivity index (χ3n) is 4.98. The van der Waals surface area contributed by atoms with Crippen molar-refractivity contribution >= 4 is 36.7 Å². The fourth-order valence-electron chi connectivity index (χ4n) is 3.44. The third kappa shape index (κ3) is 4.20. The predicted octanol–water partition coefficient (Wildman–Crippen LogP) is 4.63. The molecule has 0 bridgehead atoms. The number of carbonyl (C=O) groups is 2. The molecule has 0 radical (unpaired) electrons. The van der Waals surface area contributed by atoms with E-state index in [0.717, 1.165) is 18.2 Å². The molecule has 168 valence electrons. The molecule has 1 aromatic heterocycles. The largest absolute Gasteiger partial charge is 0.416 e. The number of carbonyl (C=O) groups excluding carboxylic acids is 2. The lowest BCUT2D eigenvalue weighted by Gasteiger charge is -2.32. The van der Waals surface area contributed by atoms with Gasteiger partial charge in [0.2, 0.25) is 0 Å². The van der Waals surface area contributed by atoms with E-state index >= 15 is 0 Å². The van der Waals surface area contributed by atoms with E-state index in [1.165, 1.54) is 46.1 Å². The number of fused-ring (bicyclic) bond motifs is 1. The number of benzene rings is 2. The van der Waals surface area contributed by atoms with Crippen LogP contribution in [0.1, 0.15) is 39.4 Å². The smallest absolute Gasteiger partial charge is 0.319 e. The van der Waals surface area contributed by atoms with Crippen LogP contribution in [0.5, 0.6) is 0 Å². The Morgan fingerprint density at radius 3 is 2.41 bits per heavy atom. The maximum absolute atomic E-state index is 13.9. The standard InChI is InChI=1S/C21H16F4N4O2.H2S/c1-12-11-28(14-8-6-13(7-9-14)21(23,24)25)20(31)18-17(10-26-29(12)18)27-19(30)15-4-2-3-5-16(15)22;/h2-10,12H,11H2,1H3,(H,27,30);1H2/t12-;/m0./s1. The van der Waals surface area contributed by atoms with E-state index in [-0.39, 0.29) is 48.7 Å². The molecule has 2 amide bonds. The Morgan fingerprint density at radius 2 is 1.78 bits per heavy atom. The fourth-order valence-corrected chi connectivity index (χ4v) is 3.44. The van der Waals surface area contributed by atoms with Gasteiger partial charge in [0, 0.05) is 12.2 Å². The van der Waals surface area contributed by atoms with Gasteiger partial charge in [0.05, 0.1) is 29.1 Å². The number of aromatic nitrogens is 2. The molecule has 3 aromatic rings. The van der Waals surface area contributed by atoms with Crippen molar-refractivity contribution in [2.75, 3.05) is 16.8 Å². The van der Waals surface area contributed by atoms with Gasteiger partial charge in [-0.25, -0.2) is 4.39 Å². The van der Waals surface area contributed by atoms with E-state index in [0.29, 0.717) is 0 Å². The van der Waals surface area contributed by atoms with Crippen molar-refractivity contribution in [3.63, 3.8) is 0 Å². The molecule has 0 spiro atoms. The normalized spacial score (nSPS) is 15.7. The second kappa shape index (κ2) is 8.65. The summed E-state index contributed by atoms with van der Waals surface area (Å²) in [5, 5.41) is 6.64. The van der Waals surface area contributed by atoms with E-state index in [2.05, 4.69) is 10.4 Å². The lowest BCUT2D eigenvalue weighted by atomic mass is 10.1. The van der Waals surface area contributed by atoms with Crippen LogP contribution in [-0.4, -0.2) is 28.1 Å². The van der Waals surface area contributed by atoms with Gasteiger partial charge in [0.15, 0.2) is 5.69 Å². The van der Waals surface area contributed by atoms with Crippen molar-refractivity contribution in [2.45, 2.75) is 19.1 Å². The van der Waals surface area contributed by atoms with Gasteiger partial charge in [-0.3, -0.25) is 14.3 Å². The highest BCUT2D eigenvalue weighted by Crippen LogP contribution is 2.33. The zero-order valence-electron chi connectivity index (χ0n) is 16.7. The lowest BCUT2D eigenvalue weighted by molar-refractivity contribution is -0.137. The fraction of sp³-hybridized carbons (Fsp3) is 0.190. The van der Waals surface area contributed by atoms with Crippen LogP contribution < -0.4 is 10.2 Å². The number of hydrogen-bond donors (Lipinski definition) is 1. The Bertz CT molecular complexity index is 1160. The summed E-state index contributed by atoms with van der Waals surface area (Å²) in [6, 6.07) is 9.33. The quantitative estimate of drug-likeness (QED) is 0.573. The van der Waals surface area contributed by atoms with Gasteiger partial charge >= 0.3 is 6.18 Å². The molecule has 1 atom stereocenters. The summed E-state index contributed by atoms with van der Waals surface area (Å²) in [5.41, 5.74) is -0.594. The molecule has 4 rings (SSSR count). The number of halogens is 4. The van der Waals surface area contributed by atoms with Crippen molar-refractivity contribution < 1.29 is 27.2 Å². The minimum atomic E-state index is -4.49. The van der Waals surface area contributed by atoms with Gasteiger partial charge in [-0.15, -0.1) is 0 Å². The molecular weight excluding hydrogens is 448 g/mol. The summed E-state index contributed by atoms with van der Waals surface area (Å²) in [5.74, 6) is -2.01. The van der Waals surface area contributed by atoms with Crippen LogP contribution in [-0.2, 0) is 6.18 Å². The maximum Gasteiger partial charge on any atom is 0.416 e. The van der Waals surface area contributed by atoms with Crippen molar-refractivity contribution in [3.8, 4) is 0 Å². The SMILES string of the molecule is C[C@H]1CN(c2ccc(C(F)(F)F)cc2)C(=O)c2c(NC(=O)c3ccccc3F)cnn21.S. The van der Waals surface area contributed by atoms with E-state index in [9.17, 15) is 27.2 Å². The number of rotatable bonds is 3. The van der Waals surface area contributed by atoms with Gasteiger partial charge < -0.3 is 10.2 Å². The molecule has 1 aliphatic rings. The highest BCUT2D eigenvalue weighted by molar-refractivity contribution is 7.59. The highest BCUT2D eigenvalue weighted by Gasteiger charge is 2.35. The van der Waals surface area contributed by atoms with Crippen molar-refractivity contribution in [2.24, 2.45) is 0 Å². The van der Waals surface area contributed by atoms with E-state index in [1.807, 2.05) is 0 Å². The second-order valence-electron chi connectivity index (χ2n) is 7.09. The summed E-state index contributed by atoms with van der Waals surface area (Å²) >= 11 is 0. The first-order valence-electron chi connectivity index (χ1n) is 9.29. The first kappa shape index (κ1) is 23.3. The van der Waals surface area contributed by atoms with Crippen LogP contribution in [0.4, 0.5) is 28.9 Å². The van der Waals surface area contributed by atoms with Crippen LogP contribution in [0, 0.1) is 5.82 Å². The highest BCUT2D eigenvalue weighted by atomic mass is 32.1. The molecule has 0 saturated carbocycles. The Labute approximate surface area is 187 Å². The van der Waals surface area contributed by atoms with Crippen molar-refractivity contribution in [1.29, 1.82) is 0 Å². The molecular formula is C21H18F4N4O2S. The van der Waals surface area contributed by atoms with Gasteiger partial charge in [-0.05, 0) is 43.3 Å². The number of amides is 2. The molecule has 32 heavy (non-hydrogen) atoms. The first-order valence-corrected chi connectivity index (χ1v) is 9.29. The van der Waals surface area contributed by atoms with Crippen molar-refractivity contribution in [1.82, 2.24) is 9.78 Å². The molecule has 2 aromatic carbocycles. The first-order chi connectivity index (χ1) is 14.7. The lowest BCUT2D eigenvalue weighted by Crippen LogP contribution is -2.43. The summed E-state index contributed by atoms with van der Waals surface area (Å²) in [6.07, 6.45) is -3.20. The molecule has 0 unspecified atom stereocenters. The average molecular weight is 466 g/mol. The van der Waals surface area contributed by atoms with Crippen LogP contribution in [0.3, 0.4) is 0 Å². The monoisotopic (exact) mass is 466 g/mol. The Balaban J connectivity index is 0.00000289. The maximum atomic E-state index is 13.9. The Morgan fingerprint density at radius 1 is 1.12 bits per heavy atom. The Kier molecular flexibility index (Phi) is 6.31. The molecule has 6 nitrogen and oxygen atoms in total. The number of alkyl halides is 3. The van der Waals surface area contributed by atoms with Crippen molar-refractivity contribution in [3.05, 3.63) is 77.4 Å². The van der Waals surface area contributed by atoms with Gasteiger partial charge in [-0.2, -0.15) is 31.8 Å². The minimum absolute atomic E-state index is 0. The van der Waals surface area contributed by atoms with Crippen LogP contribution in [0.15, 0.2) is 54.7 Å². The molecule has 0 fully saturated rings. The van der Waals surface area contributed by atoms with E-state index in [4.69, 9.17) is 0 Å². The van der Waals surface area contributed by atoms with Gasteiger partial charge in [0.25, 0.3) is 11.8 Å². The summed E-state index contributed by atoms with van der Waals surface area (Å²) in [7, 11) is 0. The summed E-state index contributed by atoms with van der Waals surface area (Å²) < 4.78 is 53.9. The zero-order valence-corrected chi connectivity index (χ0v) is 17.7. The van der Waals surface area contributed by atoms with Crippen LogP contribution >= 0.6 is 13.5 Å². The topological polar surface area (TPSA) is 67.2 Å². The van der Waals surface area contributed by atoms with E-state index < -0.39 is 29.4 Å². The van der Waals surface area contributed by atoms with Gasteiger partial charge in [0.1, 0.15) is 5.82 Å². The Hall–Kier alpha value is -3.34. The number of nitrogens with zero attached hydrogens (tertiary/aromatic N) is 3. The molecule has 2 heterocycles. The molecule has 1 aliphatic heterocycles. The number of hydrogen-bond acceptors (Lipinski definition) is 3. The number of nitrogens with one attached hydrogen (secondary N) is 1.